The lowest BCUT2D eigenvalue weighted by atomic mass is 10.1. The van der Waals surface area contributed by atoms with Crippen LogP contribution in [0.3, 0.4) is 0 Å². The number of ether oxygens (including phenoxy) is 1. The van der Waals surface area contributed by atoms with Gasteiger partial charge in [-0.05, 0) is 30.2 Å². The van der Waals surface area contributed by atoms with Gasteiger partial charge in [0.05, 0.1) is 12.5 Å². The maximum atomic E-state index is 12.3. The van der Waals surface area contributed by atoms with Gasteiger partial charge in [-0.25, -0.2) is 9.78 Å². The third-order valence-electron chi connectivity index (χ3n) is 3.55. The van der Waals surface area contributed by atoms with E-state index >= 15 is 0 Å². The summed E-state index contributed by atoms with van der Waals surface area (Å²) in [6.45, 7) is 1.63. The molecule has 3 aromatic rings. The summed E-state index contributed by atoms with van der Waals surface area (Å²) in [5.41, 5.74) is 1.09. The number of H-pyrrole nitrogens is 1. The van der Waals surface area contributed by atoms with Crippen LogP contribution in [0.4, 0.5) is 0 Å². The molecule has 6 nitrogen and oxygen atoms in total. The Morgan fingerprint density at radius 2 is 2.22 bits per heavy atom. The Labute approximate surface area is 135 Å². The molecular formula is C16H14N2O4S. The predicted octanol–water partition coefficient (Wildman–Crippen LogP) is 2.59. The maximum Gasteiger partial charge on any atom is 0.346 e. The number of aryl methyl sites for hydroxylation is 1. The molecule has 23 heavy (non-hydrogen) atoms. The summed E-state index contributed by atoms with van der Waals surface area (Å²) in [5.74, 6) is 0.180. The zero-order chi connectivity index (χ0) is 16.6. The summed E-state index contributed by atoms with van der Waals surface area (Å²) in [6.07, 6.45) is 0.432. The van der Waals surface area contributed by atoms with E-state index in [0.717, 1.165) is 22.6 Å². The second-order valence-corrected chi connectivity index (χ2v) is 6.08. The number of carboxylic acids is 1. The zero-order valence-corrected chi connectivity index (χ0v) is 13.4. The number of benzene rings is 1. The van der Waals surface area contributed by atoms with Crippen molar-refractivity contribution >= 4 is 27.5 Å². The second-order valence-electron chi connectivity index (χ2n) is 5.08. The number of hydrogen-bond donors (Lipinski definition) is 2. The number of aromatic amines is 1. The molecule has 0 radical (unpaired) electrons. The molecule has 0 atom stereocenters. The highest BCUT2D eigenvalue weighted by molar-refractivity contribution is 7.20. The van der Waals surface area contributed by atoms with Crippen molar-refractivity contribution in [1.82, 2.24) is 9.97 Å². The first kappa shape index (κ1) is 15.2. The van der Waals surface area contributed by atoms with Gasteiger partial charge >= 0.3 is 5.97 Å². The van der Waals surface area contributed by atoms with Gasteiger partial charge < -0.3 is 14.8 Å². The minimum atomic E-state index is -1.04. The quantitative estimate of drug-likeness (QED) is 0.767. The monoisotopic (exact) mass is 330 g/mol. The molecule has 2 aromatic heterocycles. The van der Waals surface area contributed by atoms with Crippen LogP contribution in [0.5, 0.6) is 5.75 Å². The number of aromatic nitrogens is 2. The summed E-state index contributed by atoms with van der Waals surface area (Å²) in [5, 5.41) is 9.53. The minimum Gasteiger partial charge on any atom is -0.497 e. The van der Waals surface area contributed by atoms with Crippen molar-refractivity contribution < 1.29 is 14.6 Å². The predicted molar refractivity (Wildman–Crippen MR) is 87.7 cm³/mol. The van der Waals surface area contributed by atoms with Crippen LogP contribution < -0.4 is 10.3 Å². The molecule has 0 unspecified atom stereocenters. The van der Waals surface area contributed by atoms with E-state index in [1.165, 1.54) is 0 Å². The maximum absolute atomic E-state index is 12.3. The van der Waals surface area contributed by atoms with E-state index in [0.29, 0.717) is 28.0 Å². The van der Waals surface area contributed by atoms with Gasteiger partial charge in [-0.3, -0.25) is 4.79 Å². The number of methoxy groups -OCH3 is 1. The lowest BCUT2D eigenvalue weighted by Gasteiger charge is -2.04. The highest BCUT2D eigenvalue weighted by atomic mass is 32.1. The average molecular weight is 330 g/mol. The van der Waals surface area contributed by atoms with Crippen molar-refractivity contribution in [2.45, 2.75) is 13.3 Å². The number of aromatic carboxylic acids is 1. The summed E-state index contributed by atoms with van der Waals surface area (Å²) < 4.78 is 5.18. The van der Waals surface area contributed by atoms with Gasteiger partial charge in [0, 0.05) is 6.42 Å². The third kappa shape index (κ3) is 2.83. The molecule has 2 heterocycles. The molecule has 0 aliphatic heterocycles. The molecule has 3 rings (SSSR count). The van der Waals surface area contributed by atoms with Gasteiger partial charge in [0.1, 0.15) is 21.3 Å². The Hall–Kier alpha value is -2.67. The van der Waals surface area contributed by atoms with Crippen molar-refractivity contribution in [2.24, 2.45) is 0 Å². The fourth-order valence-corrected chi connectivity index (χ4v) is 3.49. The number of nitrogens with one attached hydrogen (secondary N) is 1. The number of carbonyl (C=O) groups is 1. The van der Waals surface area contributed by atoms with Gasteiger partial charge in [-0.15, -0.1) is 11.3 Å². The number of thiophene rings is 1. The molecule has 0 saturated carbocycles. The Morgan fingerprint density at radius 1 is 1.43 bits per heavy atom. The van der Waals surface area contributed by atoms with E-state index in [1.807, 2.05) is 24.3 Å². The first-order valence-electron chi connectivity index (χ1n) is 6.88. The molecule has 0 saturated heterocycles. The summed E-state index contributed by atoms with van der Waals surface area (Å²) >= 11 is 1.02. The molecule has 2 N–H and O–H groups in total. The Bertz CT molecular complexity index is 958. The summed E-state index contributed by atoms with van der Waals surface area (Å²) in [7, 11) is 1.59. The number of rotatable bonds is 4. The van der Waals surface area contributed by atoms with Gasteiger partial charge in [-0.2, -0.15) is 0 Å². The number of fused-ring (bicyclic) bond motifs is 1. The molecule has 0 fully saturated rings. The van der Waals surface area contributed by atoms with E-state index in [9.17, 15) is 14.7 Å². The number of nitrogens with zero attached hydrogens (tertiary/aromatic N) is 1. The lowest BCUT2D eigenvalue weighted by Crippen LogP contribution is -2.12. The smallest absolute Gasteiger partial charge is 0.346 e. The average Bonchev–Trinajstić information content (AvgIpc) is 2.85. The van der Waals surface area contributed by atoms with Crippen LogP contribution in [0.2, 0.25) is 0 Å². The van der Waals surface area contributed by atoms with Crippen LogP contribution in [-0.2, 0) is 6.42 Å². The Kier molecular flexibility index (Phi) is 3.87. The van der Waals surface area contributed by atoms with E-state index in [-0.39, 0.29) is 10.4 Å². The molecule has 0 amide bonds. The van der Waals surface area contributed by atoms with Crippen molar-refractivity contribution in [2.75, 3.05) is 7.11 Å². The molecule has 0 aliphatic carbocycles. The largest absolute Gasteiger partial charge is 0.497 e. The minimum absolute atomic E-state index is 0.150. The molecule has 0 aliphatic rings. The van der Waals surface area contributed by atoms with E-state index in [2.05, 4.69) is 9.97 Å². The zero-order valence-electron chi connectivity index (χ0n) is 12.5. The van der Waals surface area contributed by atoms with Crippen LogP contribution in [-0.4, -0.2) is 28.2 Å². The molecule has 0 spiro atoms. The van der Waals surface area contributed by atoms with Gasteiger partial charge in [0.2, 0.25) is 0 Å². The third-order valence-corrected chi connectivity index (χ3v) is 4.72. The first-order valence-corrected chi connectivity index (χ1v) is 7.69. The van der Waals surface area contributed by atoms with Crippen LogP contribution in [0.25, 0.3) is 10.2 Å². The van der Waals surface area contributed by atoms with Crippen molar-refractivity contribution in [1.29, 1.82) is 0 Å². The fourth-order valence-electron chi connectivity index (χ4n) is 2.45. The van der Waals surface area contributed by atoms with E-state index in [4.69, 9.17) is 4.74 Å². The molecular weight excluding hydrogens is 316 g/mol. The number of hydrogen-bond acceptors (Lipinski definition) is 5. The summed E-state index contributed by atoms with van der Waals surface area (Å²) in [6, 6.07) is 7.48. The highest BCUT2D eigenvalue weighted by Gasteiger charge is 2.18. The van der Waals surface area contributed by atoms with Crippen molar-refractivity contribution in [3.05, 3.63) is 56.4 Å². The van der Waals surface area contributed by atoms with Gasteiger partial charge in [0.15, 0.2) is 0 Å². The number of carboxylic acid groups (broad SMARTS) is 1. The van der Waals surface area contributed by atoms with E-state index < -0.39 is 5.97 Å². The highest BCUT2D eigenvalue weighted by Crippen LogP contribution is 2.27. The second kappa shape index (κ2) is 5.85. The van der Waals surface area contributed by atoms with Crippen LogP contribution in [0.15, 0.2) is 29.1 Å². The van der Waals surface area contributed by atoms with Gasteiger partial charge in [-0.1, -0.05) is 12.1 Å². The first-order chi connectivity index (χ1) is 11.0. The van der Waals surface area contributed by atoms with Crippen LogP contribution in [0, 0.1) is 6.92 Å². The topological polar surface area (TPSA) is 92.3 Å². The van der Waals surface area contributed by atoms with E-state index in [1.54, 1.807) is 14.0 Å². The normalized spacial score (nSPS) is 10.9. The van der Waals surface area contributed by atoms with Crippen molar-refractivity contribution in [3.63, 3.8) is 0 Å². The van der Waals surface area contributed by atoms with Crippen LogP contribution >= 0.6 is 11.3 Å². The van der Waals surface area contributed by atoms with Crippen molar-refractivity contribution in [3.8, 4) is 5.75 Å². The van der Waals surface area contributed by atoms with Gasteiger partial charge in [0.25, 0.3) is 5.56 Å². The molecule has 118 valence electrons. The summed E-state index contributed by atoms with van der Waals surface area (Å²) in [4.78, 5) is 31.2. The molecule has 0 bridgehead atoms. The lowest BCUT2D eigenvalue weighted by molar-refractivity contribution is 0.0701. The fraction of sp³-hybridized carbons (Fsp3) is 0.188. The van der Waals surface area contributed by atoms with Crippen LogP contribution in [0.1, 0.15) is 26.6 Å². The Balaban J connectivity index is 2.05. The molecule has 7 heteroatoms. The molecule has 1 aromatic carbocycles. The standard InChI is InChI=1S/C16H14N2O4S/c1-8-12-14(19)17-11(18-15(12)23-13(8)16(20)21)7-9-4-3-5-10(6-9)22-2/h3-6H,7H2,1-2H3,(H,20,21)(H,17,18,19). The SMILES string of the molecule is COc1cccc(Cc2nc3sc(C(=O)O)c(C)c3c(=O)[nH]2)c1. The Morgan fingerprint density at radius 3 is 2.91 bits per heavy atom.